The number of esters is 2. The molecule has 0 aromatic heterocycles. The van der Waals surface area contributed by atoms with Gasteiger partial charge in [-0.15, -0.1) is 0 Å². The Balaban J connectivity index is 4.54. The highest BCUT2D eigenvalue weighted by molar-refractivity contribution is 7.47. The van der Waals surface area contributed by atoms with Gasteiger partial charge in [0, 0.05) is 12.8 Å². The number of phosphoric ester groups is 1. The first-order valence-electron chi connectivity index (χ1n) is 22.2. The lowest BCUT2D eigenvalue weighted by Crippen LogP contribution is -2.30. The largest absolute Gasteiger partial charge is 0.472 e. The third-order valence-corrected chi connectivity index (χ3v) is 10.3. The fourth-order valence-corrected chi connectivity index (χ4v) is 6.63. The Morgan fingerprint density at radius 1 is 0.621 bits per heavy atom. The van der Waals surface area contributed by atoms with Crippen molar-refractivity contribution in [1.29, 1.82) is 0 Å². The van der Waals surface area contributed by atoms with Gasteiger partial charge in [0.05, 0.1) is 32.0 Å². The summed E-state index contributed by atoms with van der Waals surface area (Å²) < 4.78 is 32.5. The van der Waals surface area contributed by atoms with Gasteiger partial charge in [-0.25, -0.2) is 4.57 Å². The van der Waals surface area contributed by atoms with E-state index in [0.717, 1.165) is 38.0 Å². The van der Waals surface area contributed by atoms with Crippen molar-refractivity contribution >= 4 is 19.8 Å². The molecule has 0 bridgehead atoms. The summed E-state index contributed by atoms with van der Waals surface area (Å²) >= 11 is 0. The normalized spacial score (nSPS) is 15.5. The number of phosphoric acid groups is 1. The Labute approximate surface area is 350 Å². The fraction of sp³-hybridized carbons (Fsp3) is 0.778. The molecule has 5 atom stereocenters. The van der Waals surface area contributed by atoms with Gasteiger partial charge >= 0.3 is 19.8 Å². The summed E-state index contributed by atoms with van der Waals surface area (Å²) in [5, 5.41) is 38.6. The zero-order valence-corrected chi connectivity index (χ0v) is 37.0. The number of ether oxygens (including phenoxy) is 2. The van der Waals surface area contributed by atoms with Gasteiger partial charge in [-0.2, -0.15) is 0 Å². The van der Waals surface area contributed by atoms with Gasteiger partial charge in [-0.3, -0.25) is 18.6 Å². The van der Waals surface area contributed by atoms with E-state index < -0.39 is 70.6 Å². The molecule has 13 heteroatoms. The maximum absolute atomic E-state index is 12.6. The molecular formula is C45H81O12P. The van der Waals surface area contributed by atoms with Gasteiger partial charge in [-0.1, -0.05) is 166 Å². The Hall–Kier alpha value is -2.15. The molecule has 0 aliphatic carbocycles. The summed E-state index contributed by atoms with van der Waals surface area (Å²) in [6.45, 7) is 4.36. The Kier molecular flexibility index (Phi) is 37.6. The average molecular weight is 845 g/mol. The van der Waals surface area contributed by atoms with Crippen LogP contribution in [-0.4, -0.2) is 88.1 Å². The number of aliphatic hydroxyl groups is 4. The second kappa shape index (κ2) is 39.0. The predicted molar refractivity (Wildman–Crippen MR) is 231 cm³/mol. The minimum atomic E-state index is -4.69. The quantitative estimate of drug-likeness (QED) is 0.0129. The Bertz CT molecular complexity index is 1150. The number of aliphatic hydroxyl groups excluding tert-OH is 4. The van der Waals surface area contributed by atoms with E-state index in [4.69, 9.17) is 19.1 Å². The maximum atomic E-state index is 12.6. The van der Waals surface area contributed by atoms with Crippen LogP contribution >= 0.6 is 7.82 Å². The van der Waals surface area contributed by atoms with Gasteiger partial charge < -0.3 is 34.8 Å². The molecule has 0 aliphatic rings. The molecule has 12 nitrogen and oxygen atoms in total. The van der Waals surface area contributed by atoms with E-state index in [-0.39, 0.29) is 25.7 Å². The van der Waals surface area contributed by atoms with Gasteiger partial charge in [0.15, 0.2) is 6.10 Å². The molecule has 0 saturated heterocycles. The molecule has 0 amide bonds. The third-order valence-electron chi connectivity index (χ3n) is 9.35. The lowest BCUT2D eigenvalue weighted by molar-refractivity contribution is -0.161. The van der Waals surface area contributed by atoms with Crippen LogP contribution in [0.5, 0.6) is 0 Å². The van der Waals surface area contributed by atoms with Crippen molar-refractivity contribution < 1.29 is 58.0 Å². The SMILES string of the molecule is CCCCC/C=C\C[C@H](O)/C=C/C=C/C=C\[C@H](O)CCCC(=O)O[C@H](COC(=O)CCCCCCCCCCCCCCCC(C)C)COP(=O)(O)OC[C@@H](O)CO. The molecule has 338 valence electrons. The fourth-order valence-electron chi connectivity index (χ4n) is 5.84. The number of unbranched alkanes of at least 4 members (excludes halogenated alkanes) is 15. The molecule has 0 spiro atoms. The molecule has 0 saturated carbocycles. The molecule has 0 heterocycles. The topological polar surface area (TPSA) is 189 Å². The van der Waals surface area contributed by atoms with Crippen molar-refractivity contribution in [2.75, 3.05) is 26.4 Å². The first kappa shape index (κ1) is 55.9. The summed E-state index contributed by atoms with van der Waals surface area (Å²) in [4.78, 5) is 35.0. The van der Waals surface area contributed by atoms with Crippen LogP contribution in [0.15, 0.2) is 48.6 Å². The highest BCUT2D eigenvalue weighted by Gasteiger charge is 2.27. The lowest BCUT2D eigenvalue weighted by Gasteiger charge is -2.20. The van der Waals surface area contributed by atoms with E-state index in [1.165, 1.54) is 77.0 Å². The van der Waals surface area contributed by atoms with E-state index in [2.05, 4.69) is 31.4 Å². The molecule has 0 aliphatic heterocycles. The van der Waals surface area contributed by atoms with Crippen LogP contribution in [-0.2, 0) is 32.7 Å². The number of carbonyl (C=O) groups excluding carboxylic acids is 2. The molecule has 0 rings (SSSR count). The van der Waals surface area contributed by atoms with Crippen molar-refractivity contribution in [2.24, 2.45) is 5.92 Å². The summed E-state index contributed by atoms with van der Waals surface area (Å²) in [6.07, 6.45) is 32.8. The number of hydrogen-bond acceptors (Lipinski definition) is 11. The van der Waals surface area contributed by atoms with Gasteiger partial charge in [-0.05, 0) is 44.4 Å². The number of allylic oxidation sites excluding steroid dienone is 5. The molecule has 1 unspecified atom stereocenters. The molecule has 58 heavy (non-hydrogen) atoms. The second-order valence-electron chi connectivity index (χ2n) is 15.6. The van der Waals surface area contributed by atoms with Gasteiger partial charge in [0.25, 0.3) is 0 Å². The molecule has 0 aromatic carbocycles. The first-order valence-corrected chi connectivity index (χ1v) is 23.7. The summed E-state index contributed by atoms with van der Waals surface area (Å²) in [5.41, 5.74) is 0. The van der Waals surface area contributed by atoms with E-state index in [1.54, 1.807) is 36.5 Å². The van der Waals surface area contributed by atoms with Crippen molar-refractivity contribution in [2.45, 2.75) is 193 Å². The van der Waals surface area contributed by atoms with Crippen LogP contribution in [0.1, 0.15) is 168 Å². The van der Waals surface area contributed by atoms with Crippen LogP contribution in [0.4, 0.5) is 0 Å². The Morgan fingerprint density at radius 3 is 1.76 bits per heavy atom. The third kappa shape index (κ3) is 39.3. The highest BCUT2D eigenvalue weighted by Crippen LogP contribution is 2.43. The second-order valence-corrected chi connectivity index (χ2v) is 17.1. The van der Waals surface area contributed by atoms with E-state index in [1.807, 2.05) is 6.08 Å². The van der Waals surface area contributed by atoms with E-state index in [9.17, 15) is 34.4 Å². The van der Waals surface area contributed by atoms with Crippen molar-refractivity contribution in [1.82, 2.24) is 0 Å². The van der Waals surface area contributed by atoms with Crippen molar-refractivity contribution in [3.63, 3.8) is 0 Å². The lowest BCUT2D eigenvalue weighted by atomic mass is 10.0. The minimum absolute atomic E-state index is 0.0760. The van der Waals surface area contributed by atoms with Crippen molar-refractivity contribution in [3.05, 3.63) is 48.6 Å². The highest BCUT2D eigenvalue weighted by atomic mass is 31.2. The molecular weight excluding hydrogens is 763 g/mol. The van der Waals surface area contributed by atoms with E-state index in [0.29, 0.717) is 12.8 Å². The van der Waals surface area contributed by atoms with Crippen LogP contribution in [0.2, 0.25) is 0 Å². The van der Waals surface area contributed by atoms with Crippen molar-refractivity contribution in [3.8, 4) is 0 Å². The minimum Gasteiger partial charge on any atom is -0.462 e. The molecule has 0 aromatic rings. The first-order chi connectivity index (χ1) is 27.9. The predicted octanol–water partition coefficient (Wildman–Crippen LogP) is 9.52. The summed E-state index contributed by atoms with van der Waals surface area (Å²) in [6, 6.07) is 0. The number of carbonyl (C=O) groups is 2. The average Bonchev–Trinajstić information content (AvgIpc) is 3.18. The Morgan fingerprint density at radius 2 is 1.17 bits per heavy atom. The zero-order chi connectivity index (χ0) is 43.1. The molecule has 0 radical (unpaired) electrons. The van der Waals surface area contributed by atoms with Crippen LogP contribution in [0, 0.1) is 5.92 Å². The number of rotatable bonds is 40. The van der Waals surface area contributed by atoms with E-state index >= 15 is 0 Å². The maximum Gasteiger partial charge on any atom is 0.472 e. The molecule has 5 N–H and O–H groups in total. The zero-order valence-electron chi connectivity index (χ0n) is 36.1. The smallest absolute Gasteiger partial charge is 0.462 e. The number of hydrogen-bond donors (Lipinski definition) is 5. The van der Waals surface area contributed by atoms with Gasteiger partial charge in [0.2, 0.25) is 0 Å². The summed E-state index contributed by atoms with van der Waals surface area (Å²) in [5.74, 6) is -0.360. The van der Waals surface area contributed by atoms with Crippen LogP contribution in [0.3, 0.4) is 0 Å². The standard InChI is InChI=1S/C45H81O12P/c1-4-5-6-7-18-23-29-40(47)30-24-20-21-25-31-41(48)32-27-34-45(51)57-43(38-56-58(52,53)55-36-42(49)35-46)37-54-44(50)33-26-19-16-14-12-10-8-9-11-13-15-17-22-28-39(2)3/h18,20-21,23-25,30-31,39-43,46-49H,4-17,19,22,26-29,32-38H2,1-3H3,(H,52,53)/b21-20+,23-18-,30-24+,31-25-/t40-,41-,42-,43+/m0/s1. The van der Waals surface area contributed by atoms with Crippen LogP contribution < -0.4 is 0 Å². The van der Waals surface area contributed by atoms with Gasteiger partial charge in [0.1, 0.15) is 12.7 Å². The monoisotopic (exact) mass is 845 g/mol. The summed E-state index contributed by atoms with van der Waals surface area (Å²) in [7, 11) is -4.69. The van der Waals surface area contributed by atoms with Crippen LogP contribution in [0.25, 0.3) is 0 Å². The molecule has 0 fully saturated rings.